The highest BCUT2D eigenvalue weighted by atomic mass is 32.2. The van der Waals surface area contributed by atoms with E-state index in [4.69, 9.17) is 4.74 Å². The Morgan fingerprint density at radius 1 is 1.47 bits per heavy atom. The van der Waals surface area contributed by atoms with Crippen molar-refractivity contribution in [2.24, 2.45) is 9.81 Å². The normalized spacial score (nSPS) is 21.4. The molecule has 0 aromatic carbocycles. The van der Waals surface area contributed by atoms with Crippen LogP contribution >= 0.6 is 0 Å². The molecule has 6 heteroatoms. The van der Waals surface area contributed by atoms with Crippen LogP contribution in [-0.4, -0.2) is 14.5 Å². The summed E-state index contributed by atoms with van der Waals surface area (Å²) in [6.45, 7) is 3.55. The molecule has 0 aromatic heterocycles. The number of hydrogen-bond acceptors (Lipinski definition) is 4. The van der Waals surface area contributed by atoms with Crippen LogP contribution < -0.4 is 0 Å². The molecule has 0 bridgehead atoms. The molecule has 1 aliphatic heterocycles. The van der Waals surface area contributed by atoms with Crippen LogP contribution in [-0.2, 0) is 19.6 Å². The Balaban J connectivity index is 2.68. The number of allylic oxidation sites excluding steroid dienone is 4. The van der Waals surface area contributed by atoms with Crippen LogP contribution in [0, 0.1) is 5.41 Å². The monoisotopic (exact) mass is 253 g/mol. The number of ether oxygens (including phenoxy) is 1. The minimum Gasteiger partial charge on any atom is -0.464 e. The predicted molar refractivity (Wildman–Crippen MR) is 60.8 cm³/mol. The van der Waals surface area contributed by atoms with Gasteiger partial charge in [0.05, 0.1) is 6.26 Å². The first-order valence-corrected chi connectivity index (χ1v) is 6.44. The Morgan fingerprint density at radius 3 is 2.82 bits per heavy atom. The van der Waals surface area contributed by atoms with E-state index in [0.29, 0.717) is 6.42 Å². The second kappa shape index (κ2) is 3.68. The van der Waals surface area contributed by atoms with E-state index in [2.05, 4.69) is 4.40 Å². The van der Waals surface area contributed by atoms with E-state index in [-0.39, 0.29) is 10.7 Å². The Bertz CT molecular complexity index is 601. The summed E-state index contributed by atoms with van der Waals surface area (Å²) in [5.41, 5.74) is 0.170. The second-order valence-electron chi connectivity index (χ2n) is 4.51. The first-order valence-electron chi connectivity index (χ1n) is 5.00. The van der Waals surface area contributed by atoms with Gasteiger partial charge in [-0.15, -0.1) is 0 Å². The van der Waals surface area contributed by atoms with Crippen molar-refractivity contribution in [1.82, 2.24) is 0 Å². The smallest absolute Gasteiger partial charge is 0.293 e. The zero-order valence-electron chi connectivity index (χ0n) is 9.43. The van der Waals surface area contributed by atoms with E-state index in [0.717, 1.165) is 11.7 Å². The highest BCUT2D eigenvalue weighted by Gasteiger charge is 2.44. The Labute approximate surface area is 99.2 Å². The summed E-state index contributed by atoms with van der Waals surface area (Å²) in [7, 11) is -4.01. The molecule has 0 spiro atoms. The Hall–Kier alpha value is -1.65. The zero-order chi connectivity index (χ0) is 12.7. The molecule has 0 unspecified atom stereocenters. The second-order valence-corrected chi connectivity index (χ2v) is 6.06. The van der Waals surface area contributed by atoms with E-state index in [9.17, 15) is 13.2 Å². The summed E-state index contributed by atoms with van der Waals surface area (Å²) >= 11 is 0. The quantitative estimate of drug-likeness (QED) is 0.555. The van der Waals surface area contributed by atoms with Crippen LogP contribution in [0.2, 0.25) is 0 Å². The van der Waals surface area contributed by atoms with Crippen LogP contribution in [0.5, 0.6) is 0 Å². The third kappa shape index (κ3) is 1.85. The molecule has 0 aromatic rings. The van der Waals surface area contributed by atoms with Gasteiger partial charge in [-0.05, 0) is 18.1 Å². The predicted octanol–water partition coefficient (Wildman–Crippen LogP) is 1.76. The van der Waals surface area contributed by atoms with Gasteiger partial charge in [-0.25, -0.2) is 4.79 Å². The lowest BCUT2D eigenvalue weighted by atomic mass is 9.92. The number of rotatable bonds is 2. The topological polar surface area (TPSA) is 72.8 Å². The third-order valence-electron chi connectivity index (χ3n) is 2.72. The van der Waals surface area contributed by atoms with Crippen molar-refractivity contribution >= 4 is 16.1 Å². The largest absolute Gasteiger partial charge is 0.464 e. The third-order valence-corrected chi connectivity index (χ3v) is 4.29. The molecular weight excluding hydrogens is 242 g/mol. The van der Waals surface area contributed by atoms with Crippen LogP contribution in [0.1, 0.15) is 20.3 Å². The summed E-state index contributed by atoms with van der Waals surface area (Å²) in [6.07, 6.45) is 6.52. The summed E-state index contributed by atoms with van der Waals surface area (Å²) in [4.78, 5) is 10.2. The van der Waals surface area contributed by atoms with Crippen molar-refractivity contribution in [1.29, 1.82) is 0 Å². The average Bonchev–Trinajstić information content (AvgIpc) is 2.47. The number of hydrogen-bond donors (Lipinski definition) is 0. The lowest BCUT2D eigenvalue weighted by Gasteiger charge is -2.18. The summed E-state index contributed by atoms with van der Waals surface area (Å²) < 4.78 is 31.9. The fraction of sp³-hybridized carbons (Fsp3) is 0.364. The van der Waals surface area contributed by atoms with E-state index < -0.39 is 15.4 Å². The molecule has 0 saturated carbocycles. The van der Waals surface area contributed by atoms with Gasteiger partial charge in [0.1, 0.15) is 10.7 Å². The van der Waals surface area contributed by atoms with Crippen molar-refractivity contribution in [3.05, 3.63) is 34.7 Å². The molecule has 0 N–H and O–H groups in total. The SMILES string of the molecule is CC1(C)CC2=CC=COC2=C1S(=O)(=O)N=C=O. The maximum atomic E-state index is 11.9. The van der Waals surface area contributed by atoms with Crippen LogP contribution in [0.4, 0.5) is 0 Å². The molecule has 1 heterocycles. The van der Waals surface area contributed by atoms with Crippen LogP contribution in [0.15, 0.2) is 39.0 Å². The van der Waals surface area contributed by atoms with Gasteiger partial charge in [0.25, 0.3) is 16.1 Å². The lowest BCUT2D eigenvalue weighted by Crippen LogP contribution is -2.17. The van der Waals surface area contributed by atoms with Gasteiger partial charge >= 0.3 is 0 Å². The van der Waals surface area contributed by atoms with Gasteiger partial charge in [-0.1, -0.05) is 24.3 Å². The highest BCUT2D eigenvalue weighted by molar-refractivity contribution is 7.94. The van der Waals surface area contributed by atoms with Crippen LogP contribution in [0.3, 0.4) is 0 Å². The van der Waals surface area contributed by atoms with Crippen molar-refractivity contribution in [3.63, 3.8) is 0 Å². The van der Waals surface area contributed by atoms with Crippen molar-refractivity contribution in [3.8, 4) is 0 Å². The van der Waals surface area contributed by atoms with Gasteiger partial charge < -0.3 is 4.74 Å². The standard InChI is InChI=1S/C11H11NO4S/c1-11(2)6-8-4-3-5-16-9(8)10(11)17(14,15)12-7-13/h3-5H,6H2,1-2H3. The first kappa shape index (κ1) is 11.8. The van der Waals surface area contributed by atoms with Crippen molar-refractivity contribution in [2.45, 2.75) is 20.3 Å². The molecule has 2 aliphatic rings. The number of sulfonamides is 1. The molecule has 0 saturated heterocycles. The summed E-state index contributed by atoms with van der Waals surface area (Å²) in [6, 6.07) is 0. The molecule has 0 radical (unpaired) electrons. The fourth-order valence-corrected chi connectivity index (χ4v) is 3.55. The number of isocyanates is 1. The maximum Gasteiger partial charge on any atom is 0.293 e. The summed E-state index contributed by atoms with van der Waals surface area (Å²) in [5.74, 6) is 0.288. The molecule has 1 aliphatic carbocycles. The maximum absolute atomic E-state index is 11.9. The van der Waals surface area contributed by atoms with Crippen molar-refractivity contribution in [2.75, 3.05) is 0 Å². The minimum atomic E-state index is -4.01. The molecule has 17 heavy (non-hydrogen) atoms. The molecule has 0 amide bonds. The first-order chi connectivity index (χ1) is 7.88. The molecule has 0 fully saturated rings. The number of fused-ring (bicyclic) bond motifs is 1. The number of nitrogens with zero attached hydrogens (tertiary/aromatic N) is 1. The molecule has 2 rings (SSSR count). The van der Waals surface area contributed by atoms with Gasteiger partial charge in [0, 0.05) is 5.41 Å². The molecular formula is C11H11NO4S. The lowest BCUT2D eigenvalue weighted by molar-refractivity contribution is 0.356. The Morgan fingerprint density at radius 2 is 2.18 bits per heavy atom. The average molecular weight is 253 g/mol. The Kier molecular flexibility index (Phi) is 2.56. The van der Waals surface area contributed by atoms with Gasteiger partial charge in [0.2, 0.25) is 0 Å². The zero-order valence-corrected chi connectivity index (χ0v) is 10.2. The molecule has 5 nitrogen and oxygen atoms in total. The van der Waals surface area contributed by atoms with E-state index in [1.54, 1.807) is 26.0 Å². The molecule has 0 atom stereocenters. The van der Waals surface area contributed by atoms with Crippen LogP contribution in [0.25, 0.3) is 0 Å². The van der Waals surface area contributed by atoms with Gasteiger partial charge in [-0.3, -0.25) is 0 Å². The summed E-state index contributed by atoms with van der Waals surface area (Å²) in [5, 5.41) is 0. The number of carbonyl (C=O) groups excluding carboxylic acids is 1. The highest BCUT2D eigenvalue weighted by Crippen LogP contribution is 2.49. The van der Waals surface area contributed by atoms with E-state index >= 15 is 0 Å². The van der Waals surface area contributed by atoms with Crippen molar-refractivity contribution < 1.29 is 17.9 Å². The van der Waals surface area contributed by atoms with Gasteiger partial charge in [0.15, 0.2) is 0 Å². The van der Waals surface area contributed by atoms with E-state index in [1.807, 2.05) is 0 Å². The fourth-order valence-electron chi connectivity index (χ4n) is 2.18. The van der Waals surface area contributed by atoms with E-state index in [1.165, 1.54) is 6.26 Å². The van der Waals surface area contributed by atoms with Gasteiger partial charge in [-0.2, -0.15) is 8.42 Å². The minimum absolute atomic E-state index is 0.0453. The molecule has 90 valence electrons.